The highest BCUT2D eigenvalue weighted by Crippen LogP contribution is 2.10. The summed E-state index contributed by atoms with van der Waals surface area (Å²) in [5.74, 6) is 0. The van der Waals surface area contributed by atoms with Crippen molar-refractivity contribution in [3.05, 3.63) is 10.5 Å². The van der Waals surface area contributed by atoms with Crippen LogP contribution in [0.1, 0.15) is 0 Å². The van der Waals surface area contributed by atoms with E-state index in [1.807, 2.05) is 0 Å². The Morgan fingerprint density at radius 3 is 1.93 bits per heavy atom. The summed E-state index contributed by atoms with van der Waals surface area (Å²) in [6.45, 7) is 2.44. The molecular formula is C7H10N4O3. The monoisotopic (exact) mass is 198 g/mol. The van der Waals surface area contributed by atoms with Crippen LogP contribution in [0.4, 0.5) is 0 Å². The van der Waals surface area contributed by atoms with Crippen LogP contribution in [0.25, 0.3) is 0 Å². The summed E-state index contributed by atoms with van der Waals surface area (Å²) in [6.07, 6.45) is 0.296. The zero-order valence-corrected chi connectivity index (χ0v) is 7.50. The Labute approximate surface area is 79.2 Å². The third-order valence-corrected chi connectivity index (χ3v) is 2.26. The lowest BCUT2D eigenvalue weighted by Crippen LogP contribution is -2.28. The molecule has 76 valence electrons. The highest BCUT2D eigenvalue weighted by Gasteiger charge is 2.27. The van der Waals surface area contributed by atoms with Crippen molar-refractivity contribution in [2.45, 2.75) is 25.3 Å². The highest BCUT2D eigenvalue weighted by atomic mass is 16.6. The van der Waals surface area contributed by atoms with Crippen molar-refractivity contribution in [3.63, 3.8) is 0 Å². The summed E-state index contributed by atoms with van der Waals surface area (Å²) in [7, 11) is 0. The molecule has 3 heterocycles. The number of rotatable bonds is 4. The van der Waals surface area contributed by atoms with Crippen molar-refractivity contribution < 1.29 is 9.47 Å². The fourth-order valence-corrected chi connectivity index (χ4v) is 1.27. The summed E-state index contributed by atoms with van der Waals surface area (Å²) >= 11 is 0. The second-order valence-electron chi connectivity index (χ2n) is 3.54. The van der Waals surface area contributed by atoms with Crippen molar-refractivity contribution in [3.8, 4) is 0 Å². The minimum Gasteiger partial charge on any atom is -0.371 e. The molecule has 0 bridgehead atoms. The number of tetrazole rings is 1. The van der Waals surface area contributed by atoms with Gasteiger partial charge in [-0.15, -0.1) is 0 Å². The first-order chi connectivity index (χ1) is 6.83. The van der Waals surface area contributed by atoms with Crippen LogP contribution < -0.4 is 5.69 Å². The second kappa shape index (κ2) is 2.89. The maximum atomic E-state index is 11.6. The number of hydrogen-bond donors (Lipinski definition) is 0. The smallest absolute Gasteiger partial charge is 0.363 e. The van der Waals surface area contributed by atoms with Gasteiger partial charge in [0.25, 0.3) is 0 Å². The summed E-state index contributed by atoms with van der Waals surface area (Å²) in [6, 6.07) is 0. The van der Waals surface area contributed by atoms with Gasteiger partial charge in [-0.1, -0.05) is 0 Å². The van der Waals surface area contributed by atoms with Gasteiger partial charge >= 0.3 is 5.69 Å². The van der Waals surface area contributed by atoms with Crippen molar-refractivity contribution in [2.24, 2.45) is 0 Å². The van der Waals surface area contributed by atoms with Gasteiger partial charge in [0, 0.05) is 0 Å². The Morgan fingerprint density at radius 2 is 1.57 bits per heavy atom. The molecule has 0 saturated carbocycles. The third kappa shape index (κ3) is 1.55. The molecule has 0 N–H and O–H groups in total. The SMILES string of the molecule is O=c1n(CC2CO2)nnn1CC1CO1. The van der Waals surface area contributed by atoms with Gasteiger partial charge in [0.05, 0.1) is 26.3 Å². The average molecular weight is 198 g/mol. The molecule has 0 aromatic carbocycles. The summed E-state index contributed by atoms with van der Waals surface area (Å²) in [5, 5.41) is 7.52. The van der Waals surface area contributed by atoms with Gasteiger partial charge in [-0.3, -0.25) is 0 Å². The maximum absolute atomic E-state index is 11.6. The quantitative estimate of drug-likeness (QED) is 0.535. The molecule has 2 unspecified atom stereocenters. The van der Waals surface area contributed by atoms with Crippen molar-refractivity contribution in [1.82, 2.24) is 19.8 Å². The van der Waals surface area contributed by atoms with E-state index in [0.717, 1.165) is 0 Å². The molecule has 14 heavy (non-hydrogen) atoms. The molecule has 0 spiro atoms. The van der Waals surface area contributed by atoms with Crippen molar-refractivity contribution in [2.75, 3.05) is 13.2 Å². The lowest BCUT2D eigenvalue weighted by atomic mass is 10.5. The first-order valence-corrected chi connectivity index (χ1v) is 4.57. The Balaban J connectivity index is 1.75. The van der Waals surface area contributed by atoms with Crippen LogP contribution in [-0.2, 0) is 22.6 Å². The van der Waals surface area contributed by atoms with E-state index in [1.165, 1.54) is 9.36 Å². The molecule has 2 saturated heterocycles. The maximum Gasteiger partial charge on any atom is 0.363 e. The van der Waals surface area contributed by atoms with E-state index in [0.29, 0.717) is 26.3 Å². The van der Waals surface area contributed by atoms with E-state index in [4.69, 9.17) is 9.47 Å². The number of ether oxygens (including phenoxy) is 2. The molecule has 7 heteroatoms. The lowest BCUT2D eigenvalue weighted by Gasteiger charge is -1.92. The fourth-order valence-electron chi connectivity index (χ4n) is 1.27. The minimum absolute atomic E-state index is 0.148. The van der Waals surface area contributed by atoms with Gasteiger partial charge in [0.2, 0.25) is 0 Å². The van der Waals surface area contributed by atoms with E-state index >= 15 is 0 Å². The van der Waals surface area contributed by atoms with Gasteiger partial charge in [0.1, 0.15) is 12.2 Å². The average Bonchev–Trinajstić information content (AvgIpc) is 3.03. The van der Waals surface area contributed by atoms with E-state index < -0.39 is 0 Å². The predicted molar refractivity (Wildman–Crippen MR) is 43.8 cm³/mol. The number of aromatic nitrogens is 4. The van der Waals surface area contributed by atoms with Gasteiger partial charge < -0.3 is 9.47 Å². The number of nitrogens with zero attached hydrogens (tertiary/aromatic N) is 4. The molecular weight excluding hydrogens is 188 g/mol. The van der Waals surface area contributed by atoms with Crippen LogP contribution >= 0.6 is 0 Å². The lowest BCUT2D eigenvalue weighted by molar-refractivity contribution is 0.363. The Bertz CT molecular complexity index is 355. The molecule has 0 aliphatic carbocycles. The van der Waals surface area contributed by atoms with Crippen LogP contribution in [0, 0.1) is 0 Å². The van der Waals surface area contributed by atoms with Crippen LogP contribution in [-0.4, -0.2) is 45.2 Å². The topological polar surface area (TPSA) is 77.8 Å². The zero-order chi connectivity index (χ0) is 9.54. The molecule has 2 atom stereocenters. The number of epoxide rings is 2. The normalized spacial score (nSPS) is 29.1. The third-order valence-electron chi connectivity index (χ3n) is 2.26. The fraction of sp³-hybridized carbons (Fsp3) is 0.857. The molecule has 2 aliphatic heterocycles. The van der Waals surface area contributed by atoms with Crippen LogP contribution in [0.5, 0.6) is 0 Å². The van der Waals surface area contributed by atoms with E-state index in [-0.39, 0.29) is 17.9 Å². The first-order valence-electron chi connectivity index (χ1n) is 4.57. The van der Waals surface area contributed by atoms with Crippen LogP contribution in [0.3, 0.4) is 0 Å². The zero-order valence-electron chi connectivity index (χ0n) is 7.50. The second-order valence-corrected chi connectivity index (χ2v) is 3.54. The first kappa shape index (κ1) is 8.13. The summed E-state index contributed by atoms with van der Waals surface area (Å²) in [4.78, 5) is 11.6. The van der Waals surface area contributed by atoms with Crippen LogP contribution in [0.2, 0.25) is 0 Å². The van der Waals surface area contributed by atoms with Crippen molar-refractivity contribution >= 4 is 0 Å². The minimum atomic E-state index is -0.184. The Hall–Kier alpha value is -1.21. The standard InChI is InChI=1S/C7H10N4O3/c12-7-10(1-5-3-13-5)8-9-11(7)2-6-4-14-6/h5-6H,1-4H2. The van der Waals surface area contributed by atoms with E-state index in [9.17, 15) is 4.79 Å². The molecule has 0 amide bonds. The van der Waals surface area contributed by atoms with Gasteiger partial charge in [-0.2, -0.15) is 9.36 Å². The largest absolute Gasteiger partial charge is 0.371 e. The van der Waals surface area contributed by atoms with E-state index in [2.05, 4.69) is 10.4 Å². The molecule has 1 aromatic heterocycles. The molecule has 3 rings (SSSR count). The molecule has 1 aromatic rings. The number of hydrogen-bond acceptors (Lipinski definition) is 5. The molecule has 2 aliphatic rings. The van der Waals surface area contributed by atoms with Crippen molar-refractivity contribution in [1.29, 1.82) is 0 Å². The molecule has 2 fully saturated rings. The predicted octanol–water partition coefficient (Wildman–Crippen LogP) is -1.76. The molecule has 7 nitrogen and oxygen atoms in total. The van der Waals surface area contributed by atoms with Gasteiger partial charge in [-0.05, 0) is 10.4 Å². The van der Waals surface area contributed by atoms with Gasteiger partial charge in [0.15, 0.2) is 0 Å². The summed E-state index contributed by atoms with van der Waals surface area (Å²) in [5.41, 5.74) is -0.184. The van der Waals surface area contributed by atoms with Crippen LogP contribution in [0.15, 0.2) is 4.79 Å². The molecule has 0 radical (unpaired) electrons. The Morgan fingerprint density at radius 1 is 1.14 bits per heavy atom. The van der Waals surface area contributed by atoms with E-state index in [1.54, 1.807) is 0 Å². The van der Waals surface area contributed by atoms with Gasteiger partial charge in [-0.25, -0.2) is 4.79 Å². The Kier molecular flexibility index (Phi) is 1.68. The summed E-state index contributed by atoms with van der Waals surface area (Å²) < 4.78 is 12.7. The highest BCUT2D eigenvalue weighted by molar-refractivity contribution is 4.73.